The Bertz CT molecular complexity index is 457. The van der Waals surface area contributed by atoms with E-state index in [1.165, 1.54) is 16.5 Å². The fourth-order valence-corrected chi connectivity index (χ4v) is 2.17. The Hall–Kier alpha value is -1.28. The van der Waals surface area contributed by atoms with E-state index in [1.54, 1.807) is 0 Å². The summed E-state index contributed by atoms with van der Waals surface area (Å²) in [6, 6.07) is 8.53. The molecule has 0 fully saturated rings. The van der Waals surface area contributed by atoms with Crippen LogP contribution in [0.5, 0.6) is 0 Å². The highest BCUT2D eigenvalue weighted by molar-refractivity contribution is 5.84. The molecule has 2 nitrogen and oxygen atoms in total. The Morgan fingerprint density at radius 1 is 1.33 bits per heavy atom. The van der Waals surface area contributed by atoms with Crippen LogP contribution in [-0.4, -0.2) is 11.1 Å². The van der Waals surface area contributed by atoms with Crippen molar-refractivity contribution in [2.75, 3.05) is 6.54 Å². The molecule has 0 bridgehead atoms. The second-order valence-electron chi connectivity index (χ2n) is 4.19. The van der Waals surface area contributed by atoms with Gasteiger partial charge in [0.2, 0.25) is 0 Å². The van der Waals surface area contributed by atoms with E-state index in [-0.39, 0.29) is 0 Å². The Labute approximate surface area is 90.7 Å². The molecular formula is C13H18N2. The molecule has 0 aliphatic heterocycles. The third-order valence-electron chi connectivity index (χ3n) is 3.06. The molecule has 0 spiro atoms. The first kappa shape index (κ1) is 10.2. The topological polar surface area (TPSA) is 30.9 Å². The monoisotopic (exact) mass is 202 g/mol. The number of para-hydroxylation sites is 1. The van der Waals surface area contributed by atoms with Crippen molar-refractivity contribution in [3.8, 4) is 0 Å². The van der Waals surface area contributed by atoms with Crippen molar-refractivity contribution < 1.29 is 0 Å². The Morgan fingerprint density at radius 3 is 2.80 bits per heavy atom. The third-order valence-corrected chi connectivity index (χ3v) is 3.06. The minimum atomic E-state index is 0.543. The van der Waals surface area contributed by atoms with Crippen LogP contribution in [0.15, 0.2) is 30.5 Å². The largest absolute Gasteiger partial charge is 0.350 e. The second-order valence-corrected chi connectivity index (χ2v) is 4.19. The van der Waals surface area contributed by atoms with Crippen molar-refractivity contribution >= 4 is 10.9 Å². The van der Waals surface area contributed by atoms with Crippen LogP contribution in [0.1, 0.15) is 24.8 Å². The number of aromatic nitrogens is 1. The molecule has 15 heavy (non-hydrogen) atoms. The summed E-state index contributed by atoms with van der Waals surface area (Å²) in [5, 5.41) is 1.36. The van der Waals surface area contributed by atoms with Crippen LogP contribution < -0.4 is 5.73 Å². The molecule has 2 heteroatoms. The van der Waals surface area contributed by atoms with Gasteiger partial charge in [-0.1, -0.05) is 25.1 Å². The number of aryl methyl sites for hydroxylation is 1. The predicted molar refractivity (Wildman–Crippen MR) is 65.0 cm³/mol. The van der Waals surface area contributed by atoms with Gasteiger partial charge in [-0.25, -0.2) is 0 Å². The zero-order valence-electron chi connectivity index (χ0n) is 9.40. The molecule has 2 rings (SSSR count). The van der Waals surface area contributed by atoms with E-state index < -0.39 is 0 Å². The van der Waals surface area contributed by atoms with Gasteiger partial charge in [0.15, 0.2) is 0 Å². The average molecular weight is 202 g/mol. The van der Waals surface area contributed by atoms with Crippen molar-refractivity contribution in [1.82, 2.24) is 4.57 Å². The maximum Gasteiger partial charge on any atom is 0.0480 e. The van der Waals surface area contributed by atoms with Gasteiger partial charge in [-0.2, -0.15) is 0 Å². The Kier molecular flexibility index (Phi) is 2.78. The molecule has 0 amide bonds. The van der Waals surface area contributed by atoms with Crippen LogP contribution in [0.4, 0.5) is 0 Å². The summed E-state index contributed by atoms with van der Waals surface area (Å²) in [4.78, 5) is 0. The number of fused-ring (bicyclic) bond motifs is 1. The maximum atomic E-state index is 5.61. The molecule has 0 aliphatic rings. The second kappa shape index (κ2) is 4.07. The van der Waals surface area contributed by atoms with E-state index in [9.17, 15) is 0 Å². The minimum Gasteiger partial charge on any atom is -0.350 e. The zero-order chi connectivity index (χ0) is 10.8. The summed E-state index contributed by atoms with van der Waals surface area (Å²) in [7, 11) is 2.10. The van der Waals surface area contributed by atoms with Crippen molar-refractivity contribution in [3.05, 3.63) is 36.0 Å². The molecule has 0 unspecified atom stereocenters. The molecule has 0 aliphatic carbocycles. The van der Waals surface area contributed by atoms with Crippen molar-refractivity contribution in [3.63, 3.8) is 0 Å². The van der Waals surface area contributed by atoms with Crippen LogP contribution in [0.2, 0.25) is 0 Å². The van der Waals surface area contributed by atoms with Gasteiger partial charge < -0.3 is 10.3 Å². The molecule has 2 N–H and O–H groups in total. The molecule has 1 aromatic carbocycles. The zero-order valence-corrected chi connectivity index (χ0v) is 9.40. The quantitative estimate of drug-likeness (QED) is 0.815. The predicted octanol–water partition coefficient (Wildman–Crippen LogP) is 2.63. The molecule has 0 saturated carbocycles. The highest BCUT2D eigenvalue weighted by Gasteiger charge is 2.11. The number of benzene rings is 1. The summed E-state index contributed by atoms with van der Waals surface area (Å²) in [6.45, 7) is 3.00. The van der Waals surface area contributed by atoms with Crippen molar-refractivity contribution in [2.45, 2.75) is 19.3 Å². The van der Waals surface area contributed by atoms with Crippen LogP contribution in [0, 0.1) is 0 Å². The number of nitrogens with two attached hydrogens (primary N) is 1. The molecule has 0 saturated heterocycles. The lowest BCUT2D eigenvalue weighted by molar-refractivity contribution is 0.692. The van der Waals surface area contributed by atoms with E-state index in [2.05, 4.69) is 49.0 Å². The molecule has 80 valence electrons. The molecule has 1 atom stereocenters. The van der Waals surface area contributed by atoms with Gasteiger partial charge >= 0.3 is 0 Å². The summed E-state index contributed by atoms with van der Waals surface area (Å²) in [5.74, 6) is 0.543. The van der Waals surface area contributed by atoms with Gasteiger partial charge in [-0.15, -0.1) is 0 Å². The molecule has 0 radical (unpaired) electrons. The third kappa shape index (κ3) is 1.77. The Balaban J connectivity index is 2.52. The molecule has 2 aromatic rings. The summed E-state index contributed by atoms with van der Waals surface area (Å²) < 4.78 is 2.19. The van der Waals surface area contributed by atoms with Gasteiger partial charge in [-0.05, 0) is 30.5 Å². The molecule has 1 heterocycles. The van der Waals surface area contributed by atoms with Gasteiger partial charge in [0.1, 0.15) is 0 Å². The minimum absolute atomic E-state index is 0.543. The number of nitrogens with zero attached hydrogens (tertiary/aromatic N) is 1. The van der Waals surface area contributed by atoms with E-state index >= 15 is 0 Å². The first-order valence-electron chi connectivity index (χ1n) is 5.48. The van der Waals surface area contributed by atoms with Crippen LogP contribution in [0.3, 0.4) is 0 Å². The number of hydrogen-bond acceptors (Lipinski definition) is 1. The van der Waals surface area contributed by atoms with E-state index in [0.717, 1.165) is 13.0 Å². The number of rotatable bonds is 3. The van der Waals surface area contributed by atoms with Crippen molar-refractivity contribution in [1.29, 1.82) is 0 Å². The highest BCUT2D eigenvalue weighted by Crippen LogP contribution is 2.28. The Morgan fingerprint density at radius 2 is 2.07 bits per heavy atom. The van der Waals surface area contributed by atoms with Gasteiger partial charge in [0, 0.05) is 24.1 Å². The first-order chi connectivity index (χ1) is 7.24. The fraction of sp³-hybridized carbons (Fsp3) is 0.385. The fourth-order valence-electron chi connectivity index (χ4n) is 2.17. The lowest BCUT2D eigenvalue weighted by Gasteiger charge is -2.08. The van der Waals surface area contributed by atoms with Gasteiger partial charge in [0.25, 0.3) is 0 Å². The van der Waals surface area contributed by atoms with Crippen molar-refractivity contribution in [2.24, 2.45) is 12.8 Å². The lowest BCUT2D eigenvalue weighted by atomic mass is 9.97. The molecule has 1 aromatic heterocycles. The van der Waals surface area contributed by atoms with E-state index in [1.807, 2.05) is 0 Å². The first-order valence-corrected chi connectivity index (χ1v) is 5.48. The maximum absolute atomic E-state index is 5.61. The highest BCUT2D eigenvalue weighted by atomic mass is 14.9. The van der Waals surface area contributed by atoms with Crippen LogP contribution in [0.25, 0.3) is 10.9 Å². The summed E-state index contributed by atoms with van der Waals surface area (Å²) in [5.41, 5.74) is 8.33. The van der Waals surface area contributed by atoms with Crippen LogP contribution >= 0.6 is 0 Å². The average Bonchev–Trinajstić information content (AvgIpc) is 2.58. The molecular weight excluding hydrogens is 184 g/mol. The SMILES string of the molecule is C[C@@H](CCN)c1cn(C)c2ccccc12. The van der Waals surface area contributed by atoms with Gasteiger partial charge in [0.05, 0.1) is 0 Å². The lowest BCUT2D eigenvalue weighted by Crippen LogP contribution is -2.04. The van der Waals surface area contributed by atoms with Gasteiger partial charge in [-0.3, -0.25) is 0 Å². The normalized spacial score (nSPS) is 13.3. The summed E-state index contributed by atoms with van der Waals surface area (Å²) >= 11 is 0. The summed E-state index contributed by atoms with van der Waals surface area (Å²) in [6.07, 6.45) is 3.28. The van der Waals surface area contributed by atoms with E-state index in [0.29, 0.717) is 5.92 Å². The number of hydrogen-bond donors (Lipinski definition) is 1. The standard InChI is InChI=1S/C13H18N2/c1-10(7-8-14)12-9-15(2)13-6-4-3-5-11(12)13/h3-6,9-10H,7-8,14H2,1-2H3/t10-/m0/s1. The van der Waals surface area contributed by atoms with E-state index in [4.69, 9.17) is 5.73 Å². The smallest absolute Gasteiger partial charge is 0.0480 e. The van der Waals surface area contributed by atoms with Crippen LogP contribution in [-0.2, 0) is 7.05 Å².